The molecule has 1 aromatic rings. The summed E-state index contributed by atoms with van der Waals surface area (Å²) in [7, 11) is 3.52. The lowest BCUT2D eigenvalue weighted by atomic mass is 9.58. The minimum absolute atomic E-state index is 0.0231. The normalized spacial score (nSPS) is 23.1. The molecule has 7 nitrogen and oxygen atoms in total. The van der Waals surface area contributed by atoms with Crippen molar-refractivity contribution in [2.45, 2.75) is 12.8 Å². The zero-order valence-corrected chi connectivity index (χ0v) is 16.8. The molecule has 1 aromatic carbocycles. The molecule has 29 heavy (non-hydrogen) atoms. The second-order valence-corrected chi connectivity index (χ2v) is 7.24. The van der Waals surface area contributed by atoms with Crippen molar-refractivity contribution in [2.24, 2.45) is 17.1 Å². The molecule has 0 radical (unpaired) electrons. The maximum absolute atomic E-state index is 10.1. The maximum atomic E-state index is 10.1. The molecule has 1 aliphatic heterocycles. The molecular weight excluding hydrogens is 366 g/mol. The van der Waals surface area contributed by atoms with E-state index in [9.17, 15) is 15.8 Å². The van der Waals surface area contributed by atoms with Gasteiger partial charge in [-0.2, -0.15) is 15.8 Å². The molecule has 1 heterocycles. The second kappa shape index (κ2) is 7.87. The molecule has 148 valence electrons. The Labute approximate surface area is 170 Å². The van der Waals surface area contributed by atoms with Gasteiger partial charge in [0.1, 0.15) is 6.07 Å². The first-order valence-electron chi connectivity index (χ1n) is 9.39. The molecule has 0 fully saturated rings. The summed E-state index contributed by atoms with van der Waals surface area (Å²) >= 11 is 0. The van der Waals surface area contributed by atoms with Crippen LogP contribution in [0, 0.1) is 45.3 Å². The monoisotopic (exact) mass is 389 g/mol. The van der Waals surface area contributed by atoms with Gasteiger partial charge in [0.2, 0.25) is 0 Å². The standard InChI is InChI=1S/C22H23N5O2/c1-4-29-18-6-5-14(9-19(18)28-3)20-17-11-27(2)8-7-15(17)16(10-23)21(26)22(20,12-24)13-25/h5-7,9,17,20H,4,8,11,26H2,1-3H3/t17-,20+/m1/s1. The fourth-order valence-electron chi connectivity index (χ4n) is 4.35. The smallest absolute Gasteiger partial charge is 0.191 e. The summed E-state index contributed by atoms with van der Waals surface area (Å²) in [6, 6.07) is 11.8. The summed E-state index contributed by atoms with van der Waals surface area (Å²) in [5, 5.41) is 29.9. The van der Waals surface area contributed by atoms with Crippen LogP contribution in [0.4, 0.5) is 0 Å². The van der Waals surface area contributed by atoms with Gasteiger partial charge in [0.25, 0.3) is 0 Å². The molecule has 0 unspecified atom stereocenters. The second-order valence-electron chi connectivity index (χ2n) is 7.24. The lowest BCUT2D eigenvalue weighted by Gasteiger charge is -2.45. The summed E-state index contributed by atoms with van der Waals surface area (Å²) in [6.45, 7) is 3.65. The molecule has 2 aliphatic rings. The van der Waals surface area contributed by atoms with E-state index in [1.165, 1.54) is 0 Å². The molecule has 1 aliphatic carbocycles. The predicted molar refractivity (Wildman–Crippen MR) is 106 cm³/mol. The summed E-state index contributed by atoms with van der Waals surface area (Å²) < 4.78 is 11.1. The predicted octanol–water partition coefficient (Wildman–Crippen LogP) is 2.45. The van der Waals surface area contributed by atoms with Crippen LogP contribution in [0.2, 0.25) is 0 Å². The average molecular weight is 389 g/mol. The number of nitriles is 3. The van der Waals surface area contributed by atoms with Gasteiger partial charge >= 0.3 is 0 Å². The number of likely N-dealkylation sites (N-methyl/N-ethyl adjacent to an activating group) is 1. The van der Waals surface area contributed by atoms with E-state index in [4.69, 9.17) is 15.2 Å². The molecular formula is C22H23N5O2. The van der Waals surface area contributed by atoms with Crippen molar-refractivity contribution in [2.75, 3.05) is 33.9 Å². The largest absolute Gasteiger partial charge is 0.493 e. The van der Waals surface area contributed by atoms with Crippen molar-refractivity contribution in [3.8, 4) is 29.7 Å². The van der Waals surface area contributed by atoms with Crippen LogP contribution in [0.3, 0.4) is 0 Å². The first-order chi connectivity index (χ1) is 14.0. The van der Waals surface area contributed by atoms with Gasteiger partial charge in [0.15, 0.2) is 16.9 Å². The minimum Gasteiger partial charge on any atom is -0.493 e. The summed E-state index contributed by atoms with van der Waals surface area (Å²) in [6.07, 6.45) is 1.97. The first-order valence-corrected chi connectivity index (χ1v) is 9.39. The van der Waals surface area contributed by atoms with Crippen LogP contribution in [-0.2, 0) is 0 Å². The molecule has 0 amide bonds. The van der Waals surface area contributed by atoms with Gasteiger partial charge in [-0.1, -0.05) is 12.1 Å². The van der Waals surface area contributed by atoms with Crippen LogP contribution in [0.5, 0.6) is 11.5 Å². The van der Waals surface area contributed by atoms with Crippen molar-refractivity contribution >= 4 is 0 Å². The molecule has 0 saturated heterocycles. The van der Waals surface area contributed by atoms with Gasteiger partial charge in [-0.05, 0) is 37.2 Å². The number of nitrogens with zero attached hydrogens (tertiary/aromatic N) is 4. The van der Waals surface area contributed by atoms with E-state index < -0.39 is 11.3 Å². The molecule has 2 N–H and O–H groups in total. The van der Waals surface area contributed by atoms with Crippen LogP contribution in [0.1, 0.15) is 18.4 Å². The highest BCUT2D eigenvalue weighted by Crippen LogP contribution is 2.54. The number of fused-ring (bicyclic) bond motifs is 1. The Kier molecular flexibility index (Phi) is 5.50. The van der Waals surface area contributed by atoms with Crippen LogP contribution in [-0.4, -0.2) is 38.8 Å². The number of ether oxygens (including phenoxy) is 2. The van der Waals surface area contributed by atoms with Crippen molar-refractivity contribution in [3.63, 3.8) is 0 Å². The van der Waals surface area contributed by atoms with Gasteiger partial charge in [-0.25, -0.2) is 0 Å². The van der Waals surface area contributed by atoms with E-state index in [2.05, 4.69) is 23.1 Å². The SMILES string of the molecule is CCOc1ccc([C@H]2[C@@H]3CN(C)CC=C3C(C#N)=C(N)C2(C#N)C#N)cc1OC. The molecule has 7 heteroatoms. The zero-order chi connectivity index (χ0) is 21.2. The molecule has 2 atom stereocenters. The Morgan fingerprint density at radius 1 is 1.24 bits per heavy atom. The molecule has 3 rings (SSSR count). The lowest BCUT2D eigenvalue weighted by molar-refractivity contribution is 0.237. The van der Waals surface area contributed by atoms with E-state index in [-0.39, 0.29) is 17.2 Å². The number of hydrogen-bond donors (Lipinski definition) is 1. The van der Waals surface area contributed by atoms with E-state index in [0.29, 0.717) is 31.2 Å². The third-order valence-corrected chi connectivity index (χ3v) is 5.69. The van der Waals surface area contributed by atoms with Crippen molar-refractivity contribution in [3.05, 3.63) is 46.7 Å². The quantitative estimate of drug-likeness (QED) is 0.840. The third kappa shape index (κ3) is 3.09. The number of hydrogen-bond acceptors (Lipinski definition) is 7. The fraction of sp³-hybridized carbons (Fsp3) is 0.409. The summed E-state index contributed by atoms with van der Waals surface area (Å²) in [4.78, 5) is 2.10. The Morgan fingerprint density at radius 3 is 2.55 bits per heavy atom. The first kappa shape index (κ1) is 20.3. The molecule has 0 saturated carbocycles. The molecule has 0 bridgehead atoms. The number of methoxy groups -OCH3 is 1. The van der Waals surface area contributed by atoms with Gasteiger partial charge in [0.05, 0.1) is 37.1 Å². The average Bonchev–Trinajstić information content (AvgIpc) is 2.74. The zero-order valence-electron chi connectivity index (χ0n) is 16.8. The Bertz CT molecular complexity index is 991. The highest BCUT2D eigenvalue weighted by atomic mass is 16.5. The minimum atomic E-state index is -1.65. The molecule has 0 spiro atoms. The maximum Gasteiger partial charge on any atom is 0.191 e. The van der Waals surface area contributed by atoms with E-state index in [1.54, 1.807) is 19.2 Å². The van der Waals surface area contributed by atoms with Gasteiger partial charge in [-0.15, -0.1) is 0 Å². The van der Waals surface area contributed by atoms with Crippen molar-refractivity contribution in [1.82, 2.24) is 4.90 Å². The third-order valence-electron chi connectivity index (χ3n) is 5.69. The van der Waals surface area contributed by atoms with Crippen LogP contribution >= 0.6 is 0 Å². The van der Waals surface area contributed by atoms with Gasteiger partial charge in [0, 0.05) is 24.9 Å². The number of benzene rings is 1. The number of nitrogens with two attached hydrogens (primary N) is 1. The van der Waals surface area contributed by atoms with Crippen molar-refractivity contribution < 1.29 is 9.47 Å². The van der Waals surface area contributed by atoms with Crippen LogP contribution < -0.4 is 15.2 Å². The summed E-state index contributed by atoms with van der Waals surface area (Å²) in [5.41, 5.74) is 6.49. The summed E-state index contributed by atoms with van der Waals surface area (Å²) in [5.74, 6) is 0.343. The molecule has 0 aromatic heterocycles. The highest BCUT2D eigenvalue weighted by Gasteiger charge is 2.54. The van der Waals surface area contributed by atoms with Gasteiger partial charge < -0.3 is 20.1 Å². The van der Waals surface area contributed by atoms with E-state index in [1.807, 2.05) is 26.1 Å². The van der Waals surface area contributed by atoms with E-state index >= 15 is 0 Å². The topological polar surface area (TPSA) is 119 Å². The van der Waals surface area contributed by atoms with Gasteiger partial charge in [-0.3, -0.25) is 0 Å². The van der Waals surface area contributed by atoms with Crippen LogP contribution in [0.15, 0.2) is 41.1 Å². The van der Waals surface area contributed by atoms with Crippen molar-refractivity contribution in [1.29, 1.82) is 15.8 Å². The van der Waals surface area contributed by atoms with E-state index in [0.717, 1.165) is 11.1 Å². The fourth-order valence-corrected chi connectivity index (χ4v) is 4.35. The van der Waals surface area contributed by atoms with Crippen LogP contribution in [0.25, 0.3) is 0 Å². The Balaban J connectivity index is 2.28. The Morgan fingerprint density at radius 2 is 1.97 bits per heavy atom. The lowest BCUT2D eigenvalue weighted by Crippen LogP contribution is -2.47. The number of allylic oxidation sites excluding steroid dienone is 2. The number of rotatable bonds is 4. The Hall–Kier alpha value is -3.47. The highest BCUT2D eigenvalue weighted by molar-refractivity contribution is 5.60.